The number of rotatable bonds is 43. The van der Waals surface area contributed by atoms with Crippen LogP contribution in [0, 0.1) is 0 Å². The van der Waals surface area contributed by atoms with Gasteiger partial charge in [-0.05, 0) is 141 Å². The number of anilines is 2. The van der Waals surface area contributed by atoms with Gasteiger partial charge in [-0.2, -0.15) is 15.3 Å². The van der Waals surface area contributed by atoms with Crippen LogP contribution in [0.5, 0.6) is 28.7 Å². The number of nitrogens with zero attached hydrogens (tertiary/aromatic N) is 8. The average Bonchev–Trinajstić information content (AvgIpc) is 0.788. The number of unbranched alkanes of at least 4 members (excludes halogenated alkanes) is 4. The number of aromatic hydroxyl groups is 5. The summed E-state index contributed by atoms with van der Waals surface area (Å²) >= 11 is 1.39. The zero-order chi connectivity index (χ0) is 79.0. The summed E-state index contributed by atoms with van der Waals surface area (Å²) in [5, 5.41) is 163. The molecule has 0 bridgehead atoms. The van der Waals surface area contributed by atoms with Crippen molar-refractivity contribution in [2.24, 2.45) is 40.9 Å². The number of sulfone groups is 2. The maximum atomic E-state index is 13.3. The second-order valence-corrected chi connectivity index (χ2v) is 29.6. The molecule has 0 spiro atoms. The molecule has 0 fully saturated rings. The van der Waals surface area contributed by atoms with Crippen molar-refractivity contribution < 1.29 is 148 Å². The first-order chi connectivity index (χ1) is 52.3. The van der Waals surface area contributed by atoms with Crippen LogP contribution < -0.4 is 21.7 Å². The molecule has 0 aliphatic carbocycles. The molecule has 0 saturated heterocycles. The topological polar surface area (TPSA) is 594 Å². The number of carboxylic acids is 2. The molecule has 0 aliphatic rings. The van der Waals surface area contributed by atoms with Gasteiger partial charge in [0.25, 0.3) is 5.91 Å². The third kappa shape index (κ3) is 27.4. The molecule has 0 aromatic heterocycles. The van der Waals surface area contributed by atoms with E-state index in [1.807, 2.05) is 0 Å². The van der Waals surface area contributed by atoms with E-state index in [9.17, 15) is 61.5 Å². The third-order valence-corrected chi connectivity index (χ3v) is 20.7. The molecule has 39 nitrogen and oxygen atoms in total. The van der Waals surface area contributed by atoms with Gasteiger partial charge in [0, 0.05) is 65.8 Å². The van der Waals surface area contributed by atoms with E-state index >= 15 is 0 Å². The summed E-state index contributed by atoms with van der Waals surface area (Å²) < 4.78 is 71.1. The summed E-state index contributed by atoms with van der Waals surface area (Å²) in [4.78, 5) is 45.4. The molecule has 8 rings (SSSR count). The second kappa shape index (κ2) is 45.2. The summed E-state index contributed by atoms with van der Waals surface area (Å²) in [6, 6.07) is 27.2. The van der Waals surface area contributed by atoms with Crippen molar-refractivity contribution in [2.75, 3.05) is 48.7 Å². The molecule has 8 aromatic carbocycles. The number of Topliss-reactive ketones (excluding diaryl/α,β-unsaturated/α-hetero) is 1. The van der Waals surface area contributed by atoms with E-state index in [1.165, 1.54) is 61.5 Å². The standard InChI is InChI=1S/C34H36N6O14S3.C30H32N6O13S3.Cr/c1-20(41)30(34(46)36-22-8-4-2-5-9-22)39-37-23-12-11-21-16-27(55-53-51-47)31(32(44)25(21)17-23)40-38-26-18-24(19-28(33(26)45)56-54-52-48)57(49,50)15-14-35-13-7-3-6-10-29(42)43;31-22-14-19(37)7-8-23(22)34-33-18-6-5-17-12-25(50-48-46-42)28(29(40)21(17)13-18)36-35-24-15-20(16-26(30(24)41)51-49-47-43)52(44,45)11-10-32-9-3-1-2-4-27(38)39;/h2,4-5,8-9,11-12,16-19,30,35,44-45,47-48H,3,6-7,10,13-15H2,1H3,(H,36,46)(H,42,43);5-8,12-16,32,37,40-43H,1-4,9-11,31H2,(H,38,39);. The number of fused-ring (bicyclic) bond motifs is 2. The number of azo groups is 4. The molecule has 0 saturated carbocycles. The van der Waals surface area contributed by atoms with Crippen LogP contribution >= 0.6 is 48.2 Å². The van der Waals surface area contributed by atoms with Gasteiger partial charge in [0.15, 0.2) is 48.5 Å². The molecule has 588 valence electrons. The van der Waals surface area contributed by atoms with Gasteiger partial charge >= 0.3 is 11.9 Å². The number of carboxylic acid groups (broad SMARTS) is 2. The number of phenolic OH excluding ortho intramolecular Hbond substituents is 5. The molecular formula is C64H68CrN12O27S6. The number of benzene rings is 8. The van der Waals surface area contributed by atoms with Crippen LogP contribution in [0.25, 0.3) is 21.5 Å². The second-order valence-electron chi connectivity index (χ2n) is 22.4. The Bertz CT molecular complexity index is 4870. The monoisotopic (exact) mass is 1680 g/mol. The Hall–Kier alpha value is -9.17. The quantitative estimate of drug-likeness (QED) is 0.00321. The molecule has 1 unspecified atom stereocenters. The fourth-order valence-corrected chi connectivity index (χ4v) is 14.1. The van der Waals surface area contributed by atoms with E-state index in [0.717, 1.165) is 24.3 Å². The number of ketones is 1. The number of nitrogens with one attached hydrogen (secondary N) is 3. The van der Waals surface area contributed by atoms with Crippen LogP contribution in [-0.2, 0) is 93.7 Å². The van der Waals surface area contributed by atoms with Crippen LogP contribution in [-0.4, -0.2) is 141 Å². The van der Waals surface area contributed by atoms with Gasteiger partial charge in [-0.1, -0.05) is 63.3 Å². The smallest absolute Gasteiger partial charge is 0.303 e. The van der Waals surface area contributed by atoms with Crippen LogP contribution in [0.3, 0.4) is 0 Å². The third-order valence-electron chi connectivity index (χ3n) is 14.8. The Balaban J connectivity index is 0.000000342. The van der Waals surface area contributed by atoms with Crippen molar-refractivity contribution in [1.82, 2.24) is 10.6 Å². The van der Waals surface area contributed by atoms with Crippen LogP contribution in [0.4, 0.5) is 51.2 Å². The predicted molar refractivity (Wildman–Crippen MR) is 391 cm³/mol. The Morgan fingerprint density at radius 1 is 0.473 bits per heavy atom. The molecule has 110 heavy (non-hydrogen) atoms. The number of hydrogen-bond donors (Lipinski definition) is 15. The molecule has 0 radical (unpaired) electrons. The number of nitrogens with two attached hydrogens (primary N) is 1. The van der Waals surface area contributed by atoms with Crippen molar-refractivity contribution >= 4 is 164 Å². The number of para-hydroxylation sites is 1. The van der Waals surface area contributed by atoms with Gasteiger partial charge in [-0.3, -0.25) is 19.2 Å². The van der Waals surface area contributed by atoms with Crippen molar-refractivity contribution in [3.8, 4) is 28.7 Å². The molecule has 1 amide bonds. The number of aliphatic carboxylic acids is 2. The Morgan fingerprint density at radius 2 is 0.909 bits per heavy atom. The van der Waals surface area contributed by atoms with E-state index in [0.29, 0.717) is 92.2 Å². The van der Waals surface area contributed by atoms with Gasteiger partial charge < -0.3 is 57.4 Å². The Morgan fingerprint density at radius 3 is 1.34 bits per heavy atom. The van der Waals surface area contributed by atoms with Crippen molar-refractivity contribution in [3.05, 3.63) is 121 Å². The maximum Gasteiger partial charge on any atom is 0.303 e. The first-order valence-electron chi connectivity index (χ1n) is 31.6. The van der Waals surface area contributed by atoms with Crippen molar-refractivity contribution in [3.63, 3.8) is 0 Å². The van der Waals surface area contributed by atoms with Crippen LogP contribution in [0.2, 0.25) is 0 Å². The largest absolute Gasteiger partial charge is 0.508 e. The van der Waals surface area contributed by atoms with Crippen molar-refractivity contribution in [1.29, 1.82) is 0 Å². The van der Waals surface area contributed by atoms with Gasteiger partial charge in [0.2, 0.25) is 6.04 Å². The summed E-state index contributed by atoms with van der Waals surface area (Å²) in [6.07, 6.45) is 3.67. The summed E-state index contributed by atoms with van der Waals surface area (Å²) in [7, 11) is -8.06. The van der Waals surface area contributed by atoms with E-state index in [1.54, 1.807) is 42.5 Å². The molecule has 8 aromatic rings. The SMILES string of the molecule is CC(=O)C(N=Nc1ccc2cc(SOOO)c(N=Nc3cc(S(=O)(=O)CCNCCCCCC(=O)O)cc(SOOO)c3O)c(O)c2c1)C(=O)Nc1ccccc1.Nc1cc(O)ccc1N=Nc1ccc2cc(SOOO)c(N=Nc3cc(S(=O)(=O)CCNCCCCCC(=O)O)cc(SOOO)c3O)c(O)c2c1.[Cr]. The van der Waals surface area contributed by atoms with E-state index < -0.39 is 78.0 Å². The summed E-state index contributed by atoms with van der Waals surface area (Å²) in [5.41, 5.74) is 5.80. The summed E-state index contributed by atoms with van der Waals surface area (Å²) in [5.74, 6) is -6.14. The van der Waals surface area contributed by atoms with E-state index in [-0.39, 0.29) is 165 Å². The minimum absolute atomic E-state index is 0. The van der Waals surface area contributed by atoms with Crippen LogP contribution in [0.1, 0.15) is 58.3 Å². The number of nitrogen functional groups attached to an aromatic ring is 1. The molecule has 46 heteroatoms. The fourth-order valence-electron chi connectivity index (χ4n) is 9.52. The van der Waals surface area contributed by atoms with Gasteiger partial charge in [-0.25, -0.2) is 37.9 Å². The molecule has 16 N–H and O–H groups in total. The molecule has 0 heterocycles. The number of phenols is 5. The zero-order valence-corrected chi connectivity index (χ0v) is 63.2. The number of carbonyl (C=O) groups is 4. The summed E-state index contributed by atoms with van der Waals surface area (Å²) in [6.45, 7) is 2.18. The average molecular weight is 1680 g/mol. The minimum atomic E-state index is -4.05. The zero-order valence-electron chi connectivity index (χ0n) is 57.0. The van der Waals surface area contributed by atoms with Gasteiger partial charge in [0.05, 0.1) is 106 Å². The van der Waals surface area contributed by atoms with Gasteiger partial charge in [0.1, 0.15) is 34.2 Å². The van der Waals surface area contributed by atoms with Crippen LogP contribution in [0.15, 0.2) is 192 Å². The molecular weight excluding hydrogens is 1610 g/mol. The van der Waals surface area contributed by atoms with E-state index in [4.69, 9.17) is 37.0 Å². The number of hydrogen-bond acceptors (Lipinski definition) is 40. The first-order valence-corrected chi connectivity index (χ1v) is 37.9. The van der Waals surface area contributed by atoms with Gasteiger partial charge in [-0.15, -0.1) is 42.9 Å². The normalized spacial score (nSPS) is 12.1. The van der Waals surface area contributed by atoms with E-state index in [2.05, 4.69) is 94.4 Å². The fraction of sp³-hybridized carbons (Fsp3) is 0.250. The number of amides is 1. The molecule has 0 aliphatic heterocycles. The Kier molecular flexibility index (Phi) is 36.9. The maximum absolute atomic E-state index is 13.3. The predicted octanol–water partition coefficient (Wildman–Crippen LogP) is 14.4. The minimum Gasteiger partial charge on any atom is -0.508 e. The van der Waals surface area contributed by atoms with Crippen molar-refractivity contribution in [2.45, 2.75) is 93.7 Å². The number of carbonyl (C=O) groups excluding carboxylic acids is 2. The first kappa shape index (κ1) is 89.7. The molecule has 1 atom stereocenters. The Labute approximate surface area is 651 Å².